The number of nitrogens with zero attached hydrogens (tertiary/aromatic N) is 2. The fourth-order valence-corrected chi connectivity index (χ4v) is 4.16. The number of amides is 1. The number of hydrogen-bond donors (Lipinski definition) is 1. The molecule has 4 rings (SSSR count). The molecule has 0 unspecified atom stereocenters. The zero-order valence-electron chi connectivity index (χ0n) is 16.7. The lowest BCUT2D eigenvalue weighted by atomic mass is 10.2. The van der Waals surface area contributed by atoms with Crippen LogP contribution < -0.4 is 14.8 Å². The monoisotopic (exact) mass is 425 g/mol. The maximum Gasteiger partial charge on any atom is 0.251 e. The van der Waals surface area contributed by atoms with Crippen molar-refractivity contribution in [2.45, 2.75) is 13.5 Å². The third-order valence-corrected chi connectivity index (χ3v) is 5.97. The van der Waals surface area contributed by atoms with Gasteiger partial charge >= 0.3 is 0 Å². The molecule has 0 atom stereocenters. The summed E-state index contributed by atoms with van der Waals surface area (Å²) in [5, 5.41) is 2.94. The molecule has 0 aliphatic heterocycles. The quantitative estimate of drug-likeness (QED) is 0.496. The van der Waals surface area contributed by atoms with E-state index in [2.05, 4.69) is 10.3 Å². The summed E-state index contributed by atoms with van der Waals surface area (Å²) in [6.45, 7) is 2.36. The molecule has 6 nitrogen and oxygen atoms in total. The number of thiazole rings is 1. The number of methoxy groups -OCH3 is 2. The lowest BCUT2D eigenvalue weighted by Gasteiger charge is -2.09. The summed E-state index contributed by atoms with van der Waals surface area (Å²) in [4.78, 5) is 19.1. The van der Waals surface area contributed by atoms with Crippen LogP contribution in [0.2, 0.25) is 0 Å². The maximum atomic E-state index is 13.1. The summed E-state index contributed by atoms with van der Waals surface area (Å²) in [6, 6.07) is 11.3. The molecule has 0 radical (unpaired) electrons. The van der Waals surface area contributed by atoms with Crippen molar-refractivity contribution in [2.75, 3.05) is 14.2 Å². The summed E-state index contributed by atoms with van der Waals surface area (Å²) in [6.07, 6.45) is 1.92. The minimum Gasteiger partial charge on any atom is -0.497 e. The van der Waals surface area contributed by atoms with Crippen molar-refractivity contribution in [1.29, 1.82) is 0 Å². The molecule has 2 aromatic carbocycles. The van der Waals surface area contributed by atoms with Gasteiger partial charge in [-0.2, -0.15) is 0 Å². The van der Waals surface area contributed by atoms with Crippen LogP contribution in [-0.4, -0.2) is 29.5 Å². The summed E-state index contributed by atoms with van der Waals surface area (Å²) in [5.41, 5.74) is 3.10. The molecular formula is C22H20FN3O3S. The molecule has 0 aliphatic carbocycles. The molecule has 30 heavy (non-hydrogen) atoms. The molecule has 2 aromatic heterocycles. The van der Waals surface area contributed by atoms with Crippen molar-refractivity contribution in [2.24, 2.45) is 0 Å². The van der Waals surface area contributed by atoms with Crippen LogP contribution in [-0.2, 0) is 6.54 Å². The predicted molar refractivity (Wildman–Crippen MR) is 114 cm³/mol. The number of hydrogen-bond acceptors (Lipinski definition) is 5. The summed E-state index contributed by atoms with van der Waals surface area (Å²) < 4.78 is 25.6. The molecule has 0 bridgehead atoms. The summed E-state index contributed by atoms with van der Waals surface area (Å²) in [7, 11) is 3.09. The SMILES string of the molecule is COc1cc(OC)cc(C(=O)NCc2sc3nc(-c4ccc(F)cc4)cn3c2C)c1. The minimum absolute atomic E-state index is 0.218. The van der Waals surface area contributed by atoms with Gasteiger partial charge in [-0.15, -0.1) is 0 Å². The molecule has 4 aromatic rings. The number of benzene rings is 2. The van der Waals surface area contributed by atoms with E-state index in [9.17, 15) is 9.18 Å². The van der Waals surface area contributed by atoms with Gasteiger partial charge in [-0.3, -0.25) is 9.20 Å². The highest BCUT2D eigenvalue weighted by Gasteiger charge is 2.15. The highest BCUT2D eigenvalue weighted by Crippen LogP contribution is 2.27. The Hall–Kier alpha value is -3.39. The van der Waals surface area contributed by atoms with E-state index >= 15 is 0 Å². The van der Waals surface area contributed by atoms with Crippen molar-refractivity contribution in [3.05, 3.63) is 70.6 Å². The van der Waals surface area contributed by atoms with Crippen molar-refractivity contribution in [1.82, 2.24) is 14.7 Å². The van der Waals surface area contributed by atoms with E-state index in [4.69, 9.17) is 9.47 Å². The fraction of sp³-hybridized carbons (Fsp3) is 0.182. The standard InChI is InChI=1S/C22H20FN3O3S/c1-13-20(11-24-21(27)15-8-17(28-2)10-18(9-15)29-3)30-22-25-19(12-26(13)22)14-4-6-16(23)7-5-14/h4-10,12H,11H2,1-3H3,(H,24,27). The molecule has 1 amide bonds. The smallest absolute Gasteiger partial charge is 0.251 e. The number of aromatic nitrogens is 2. The van der Waals surface area contributed by atoms with Gasteiger partial charge in [0.1, 0.15) is 17.3 Å². The number of aryl methyl sites for hydroxylation is 1. The third kappa shape index (κ3) is 3.86. The normalized spacial score (nSPS) is 10.9. The average Bonchev–Trinajstić information content (AvgIpc) is 3.31. The van der Waals surface area contributed by atoms with Crippen LogP contribution >= 0.6 is 11.3 Å². The van der Waals surface area contributed by atoms with E-state index < -0.39 is 0 Å². The Morgan fingerprint density at radius 1 is 1.13 bits per heavy atom. The van der Waals surface area contributed by atoms with Gasteiger partial charge in [0.15, 0.2) is 4.96 Å². The first-order chi connectivity index (χ1) is 14.5. The first-order valence-electron chi connectivity index (χ1n) is 9.23. The number of ether oxygens (including phenoxy) is 2. The van der Waals surface area contributed by atoms with Gasteiger partial charge in [0.05, 0.1) is 26.5 Å². The fourth-order valence-electron chi connectivity index (χ4n) is 3.12. The molecule has 0 fully saturated rings. The van der Waals surface area contributed by atoms with Crippen molar-refractivity contribution >= 4 is 22.2 Å². The highest BCUT2D eigenvalue weighted by atomic mass is 32.1. The van der Waals surface area contributed by atoms with Crippen LogP contribution in [0.15, 0.2) is 48.7 Å². The molecule has 1 N–H and O–H groups in total. The molecular weight excluding hydrogens is 405 g/mol. The van der Waals surface area contributed by atoms with Gasteiger partial charge in [-0.05, 0) is 43.3 Å². The summed E-state index contributed by atoms with van der Waals surface area (Å²) in [5.74, 6) is 0.615. The van der Waals surface area contributed by atoms with E-state index in [-0.39, 0.29) is 11.7 Å². The van der Waals surface area contributed by atoms with E-state index in [0.29, 0.717) is 23.6 Å². The van der Waals surface area contributed by atoms with E-state index in [1.807, 2.05) is 17.5 Å². The van der Waals surface area contributed by atoms with Gasteiger partial charge in [-0.1, -0.05) is 11.3 Å². The van der Waals surface area contributed by atoms with Gasteiger partial charge < -0.3 is 14.8 Å². The number of rotatable bonds is 6. The second-order valence-corrected chi connectivity index (χ2v) is 7.74. The molecule has 0 saturated heterocycles. The van der Waals surface area contributed by atoms with Crippen molar-refractivity contribution in [3.63, 3.8) is 0 Å². The van der Waals surface area contributed by atoms with E-state index in [1.54, 1.807) is 44.6 Å². The Balaban J connectivity index is 1.52. The van der Waals surface area contributed by atoms with Gasteiger partial charge in [0.2, 0.25) is 0 Å². The summed E-state index contributed by atoms with van der Waals surface area (Å²) >= 11 is 1.51. The molecule has 8 heteroatoms. The van der Waals surface area contributed by atoms with Crippen LogP contribution in [0.5, 0.6) is 11.5 Å². The first-order valence-corrected chi connectivity index (χ1v) is 10.0. The molecule has 0 saturated carbocycles. The number of carbonyl (C=O) groups excluding carboxylic acids is 1. The lowest BCUT2D eigenvalue weighted by molar-refractivity contribution is 0.0950. The zero-order valence-corrected chi connectivity index (χ0v) is 17.5. The van der Waals surface area contributed by atoms with Crippen LogP contribution in [0.25, 0.3) is 16.2 Å². The Kier molecular flexibility index (Phi) is 5.41. The average molecular weight is 425 g/mol. The second kappa shape index (κ2) is 8.16. The highest BCUT2D eigenvalue weighted by molar-refractivity contribution is 7.17. The Morgan fingerprint density at radius 2 is 1.80 bits per heavy atom. The van der Waals surface area contributed by atoms with Gasteiger partial charge in [0.25, 0.3) is 5.91 Å². The predicted octanol–water partition coefficient (Wildman–Crippen LogP) is 4.46. The van der Waals surface area contributed by atoms with E-state index in [1.165, 1.54) is 23.5 Å². The Morgan fingerprint density at radius 3 is 2.40 bits per heavy atom. The lowest BCUT2D eigenvalue weighted by Crippen LogP contribution is -2.22. The number of nitrogens with one attached hydrogen (secondary N) is 1. The molecule has 0 aliphatic rings. The second-order valence-electron chi connectivity index (χ2n) is 6.68. The van der Waals surface area contributed by atoms with Gasteiger partial charge in [-0.25, -0.2) is 9.37 Å². The van der Waals surface area contributed by atoms with Gasteiger partial charge in [0, 0.05) is 34.0 Å². The Bertz CT molecular complexity index is 1190. The maximum absolute atomic E-state index is 13.1. The largest absolute Gasteiger partial charge is 0.497 e. The minimum atomic E-state index is -0.275. The van der Waals surface area contributed by atoms with Crippen LogP contribution in [0.4, 0.5) is 4.39 Å². The van der Waals surface area contributed by atoms with Crippen LogP contribution in [0, 0.1) is 12.7 Å². The number of fused-ring (bicyclic) bond motifs is 1. The van der Waals surface area contributed by atoms with Crippen LogP contribution in [0.3, 0.4) is 0 Å². The van der Waals surface area contributed by atoms with Crippen molar-refractivity contribution in [3.8, 4) is 22.8 Å². The van der Waals surface area contributed by atoms with Crippen molar-refractivity contribution < 1.29 is 18.7 Å². The number of carbonyl (C=O) groups is 1. The third-order valence-electron chi connectivity index (χ3n) is 4.82. The zero-order chi connectivity index (χ0) is 21.3. The molecule has 154 valence electrons. The molecule has 2 heterocycles. The Labute approximate surface area is 176 Å². The number of imidazole rings is 1. The first kappa shape index (κ1) is 19.9. The molecule has 0 spiro atoms. The van der Waals surface area contributed by atoms with E-state index in [0.717, 1.165) is 26.8 Å². The topological polar surface area (TPSA) is 64.9 Å². The number of halogens is 1. The van der Waals surface area contributed by atoms with Crippen LogP contribution in [0.1, 0.15) is 20.9 Å².